The fourth-order valence-electron chi connectivity index (χ4n) is 3.01. The number of nitrogens with zero attached hydrogens (tertiary/aromatic N) is 2. The predicted octanol–water partition coefficient (Wildman–Crippen LogP) is 2.14. The lowest BCUT2D eigenvalue weighted by molar-refractivity contribution is -0.121. The molecule has 0 radical (unpaired) electrons. The molecule has 0 aliphatic carbocycles. The molecule has 0 saturated heterocycles. The van der Waals surface area contributed by atoms with E-state index in [2.05, 4.69) is 20.6 Å². The Bertz CT molecular complexity index is 1540. The van der Waals surface area contributed by atoms with Gasteiger partial charge in [-0.1, -0.05) is 11.6 Å². The van der Waals surface area contributed by atoms with Gasteiger partial charge in [-0.3, -0.25) is 9.59 Å². The van der Waals surface area contributed by atoms with E-state index in [-0.39, 0.29) is 28.0 Å². The number of sulfonamides is 2. The number of carbonyl (C=O) groups is 2. The molecule has 2 amide bonds. The third-order valence-corrected chi connectivity index (χ3v) is 8.36. The molecule has 0 bridgehead atoms. The zero-order valence-electron chi connectivity index (χ0n) is 20.2. The van der Waals surface area contributed by atoms with E-state index in [9.17, 15) is 26.4 Å². The summed E-state index contributed by atoms with van der Waals surface area (Å²) in [6.07, 6.45) is 1.18. The summed E-state index contributed by atoms with van der Waals surface area (Å²) in [6, 6.07) is 14.2. The first-order valence-electron chi connectivity index (χ1n) is 10.9. The number of halogens is 1. The van der Waals surface area contributed by atoms with Crippen LogP contribution in [-0.2, 0) is 36.2 Å². The van der Waals surface area contributed by atoms with Gasteiger partial charge in [0.15, 0.2) is 0 Å². The maximum Gasteiger partial charge on any atom is 0.255 e. The van der Waals surface area contributed by atoms with Crippen LogP contribution in [0.2, 0.25) is 5.02 Å². The van der Waals surface area contributed by atoms with Gasteiger partial charge in [0.05, 0.1) is 29.1 Å². The molecular formula is C23H24ClN5O7S2. The number of benzene rings is 2. The van der Waals surface area contributed by atoms with Crippen molar-refractivity contribution >= 4 is 55.4 Å². The summed E-state index contributed by atoms with van der Waals surface area (Å²) in [5, 5.41) is 6.68. The van der Waals surface area contributed by atoms with E-state index in [0.717, 1.165) is 4.31 Å². The monoisotopic (exact) mass is 581 g/mol. The smallest absolute Gasteiger partial charge is 0.255 e. The average molecular weight is 582 g/mol. The van der Waals surface area contributed by atoms with E-state index in [0.29, 0.717) is 16.5 Å². The first-order chi connectivity index (χ1) is 17.9. The SMILES string of the molecule is CC(=O)Nc1ccc(S(=O)(=O)N(C)CC(=O)N/N=C\c2ccc(CNS(=O)(=O)c3ccc(Cl)cc3)o2)cc1. The molecule has 0 fully saturated rings. The molecule has 0 saturated carbocycles. The van der Waals surface area contributed by atoms with Gasteiger partial charge in [-0.05, 0) is 60.7 Å². The highest BCUT2D eigenvalue weighted by Gasteiger charge is 2.23. The van der Waals surface area contributed by atoms with Crippen molar-refractivity contribution in [2.45, 2.75) is 23.3 Å². The van der Waals surface area contributed by atoms with Gasteiger partial charge in [-0.25, -0.2) is 27.0 Å². The highest BCUT2D eigenvalue weighted by Crippen LogP contribution is 2.18. The molecule has 12 nitrogen and oxygen atoms in total. The second-order valence-electron chi connectivity index (χ2n) is 7.84. The predicted molar refractivity (Wildman–Crippen MR) is 140 cm³/mol. The summed E-state index contributed by atoms with van der Waals surface area (Å²) in [4.78, 5) is 23.3. The number of hydrogen-bond acceptors (Lipinski definition) is 8. The Morgan fingerprint density at radius 1 is 0.974 bits per heavy atom. The molecule has 0 unspecified atom stereocenters. The topological polar surface area (TPSA) is 167 Å². The van der Waals surface area contributed by atoms with Gasteiger partial charge in [0.25, 0.3) is 5.91 Å². The van der Waals surface area contributed by atoms with Gasteiger partial charge in [-0.15, -0.1) is 0 Å². The van der Waals surface area contributed by atoms with Crippen molar-refractivity contribution < 1.29 is 30.8 Å². The third-order valence-electron chi connectivity index (χ3n) is 4.87. The van der Waals surface area contributed by atoms with Crippen molar-refractivity contribution in [2.75, 3.05) is 18.9 Å². The van der Waals surface area contributed by atoms with Crippen LogP contribution in [-0.4, -0.2) is 52.8 Å². The molecule has 3 rings (SSSR count). The molecule has 3 aromatic rings. The quantitative estimate of drug-likeness (QED) is 0.230. The third kappa shape index (κ3) is 7.97. The standard InChI is InChI=1S/C23H24ClN5O7S2/c1-16(30)27-18-5-11-22(12-6-18)38(34,35)29(2)15-23(31)28-25-13-19-7-8-20(36-19)14-26-37(32,33)21-9-3-17(24)4-10-21/h3-13,26H,14-15H2,1-2H3,(H,27,30)(H,28,31)/b25-13-. The molecule has 202 valence electrons. The van der Waals surface area contributed by atoms with Gasteiger partial charge in [0, 0.05) is 24.7 Å². The van der Waals surface area contributed by atoms with Crippen molar-refractivity contribution in [3.8, 4) is 0 Å². The van der Waals surface area contributed by atoms with Crippen LogP contribution < -0.4 is 15.5 Å². The number of amides is 2. The van der Waals surface area contributed by atoms with Gasteiger partial charge in [0.1, 0.15) is 11.5 Å². The largest absolute Gasteiger partial charge is 0.459 e. The highest BCUT2D eigenvalue weighted by molar-refractivity contribution is 7.89. The van der Waals surface area contributed by atoms with Crippen LogP contribution in [0.3, 0.4) is 0 Å². The lowest BCUT2D eigenvalue weighted by Gasteiger charge is -2.16. The Morgan fingerprint density at radius 2 is 1.61 bits per heavy atom. The van der Waals surface area contributed by atoms with Crippen molar-refractivity contribution in [3.05, 3.63) is 77.2 Å². The Morgan fingerprint density at radius 3 is 2.24 bits per heavy atom. The molecule has 0 aliphatic heterocycles. The molecule has 15 heteroatoms. The molecule has 0 aliphatic rings. The Balaban J connectivity index is 1.51. The average Bonchev–Trinajstić information content (AvgIpc) is 3.31. The van der Waals surface area contributed by atoms with Crippen LogP contribution >= 0.6 is 11.6 Å². The van der Waals surface area contributed by atoms with Gasteiger partial charge in [0.2, 0.25) is 26.0 Å². The van der Waals surface area contributed by atoms with Gasteiger partial charge >= 0.3 is 0 Å². The first kappa shape index (κ1) is 29.0. The molecule has 3 N–H and O–H groups in total. The minimum absolute atomic E-state index is 0.0481. The highest BCUT2D eigenvalue weighted by atomic mass is 35.5. The Labute approximate surface area is 224 Å². The second kappa shape index (κ2) is 12.3. The summed E-state index contributed by atoms with van der Waals surface area (Å²) >= 11 is 5.78. The van der Waals surface area contributed by atoms with Crippen LogP contribution in [0.15, 0.2) is 80.0 Å². The van der Waals surface area contributed by atoms with E-state index in [1.54, 1.807) is 0 Å². The van der Waals surface area contributed by atoms with Crippen LogP contribution in [0.1, 0.15) is 18.4 Å². The molecule has 1 heterocycles. The second-order valence-corrected chi connectivity index (χ2v) is 12.1. The molecule has 0 spiro atoms. The summed E-state index contributed by atoms with van der Waals surface area (Å²) in [6.45, 7) is 0.696. The van der Waals surface area contributed by atoms with E-state index in [4.69, 9.17) is 16.0 Å². The maximum atomic E-state index is 12.7. The maximum absolute atomic E-state index is 12.7. The van der Waals surface area contributed by atoms with Gasteiger partial charge < -0.3 is 9.73 Å². The number of hydrogen-bond donors (Lipinski definition) is 3. The fraction of sp³-hybridized carbons (Fsp3) is 0.174. The number of furan rings is 1. The zero-order chi connectivity index (χ0) is 27.9. The summed E-state index contributed by atoms with van der Waals surface area (Å²) < 4.78 is 58.8. The summed E-state index contributed by atoms with van der Waals surface area (Å²) in [7, 11) is -6.50. The summed E-state index contributed by atoms with van der Waals surface area (Å²) in [5.74, 6) is -0.471. The Kier molecular flexibility index (Phi) is 9.40. The number of likely N-dealkylation sites (N-methyl/N-ethyl adjacent to an activating group) is 1. The fourth-order valence-corrected chi connectivity index (χ4v) is 5.25. The minimum Gasteiger partial charge on any atom is -0.459 e. The number of hydrazone groups is 1. The van der Waals surface area contributed by atoms with E-state index in [1.807, 2.05) is 0 Å². The van der Waals surface area contributed by atoms with E-state index >= 15 is 0 Å². The lowest BCUT2D eigenvalue weighted by Crippen LogP contribution is -2.36. The van der Waals surface area contributed by atoms with Gasteiger partial charge in [-0.2, -0.15) is 9.41 Å². The lowest BCUT2D eigenvalue weighted by atomic mass is 10.3. The Hall–Kier alpha value is -3.56. The van der Waals surface area contributed by atoms with Crippen LogP contribution in [0.4, 0.5) is 5.69 Å². The van der Waals surface area contributed by atoms with Crippen molar-refractivity contribution in [1.82, 2.24) is 14.5 Å². The zero-order valence-corrected chi connectivity index (χ0v) is 22.6. The molecule has 38 heavy (non-hydrogen) atoms. The number of carbonyl (C=O) groups excluding carboxylic acids is 2. The normalized spacial score (nSPS) is 12.1. The molecule has 2 aromatic carbocycles. The molecular weight excluding hydrogens is 558 g/mol. The van der Waals surface area contributed by atoms with Crippen molar-refractivity contribution in [3.63, 3.8) is 0 Å². The van der Waals surface area contributed by atoms with Crippen LogP contribution in [0, 0.1) is 0 Å². The van der Waals surface area contributed by atoms with E-state index < -0.39 is 32.5 Å². The molecule has 0 atom stereocenters. The number of rotatable bonds is 11. The van der Waals surface area contributed by atoms with E-state index in [1.165, 1.54) is 80.8 Å². The van der Waals surface area contributed by atoms with Crippen molar-refractivity contribution in [2.24, 2.45) is 5.10 Å². The minimum atomic E-state index is -3.97. The van der Waals surface area contributed by atoms with Crippen LogP contribution in [0.25, 0.3) is 0 Å². The van der Waals surface area contributed by atoms with Crippen LogP contribution in [0.5, 0.6) is 0 Å². The molecule has 1 aromatic heterocycles. The summed E-state index contributed by atoms with van der Waals surface area (Å²) in [5.41, 5.74) is 2.64. The van der Waals surface area contributed by atoms with Crippen molar-refractivity contribution in [1.29, 1.82) is 0 Å². The number of nitrogens with one attached hydrogen (secondary N) is 3. The first-order valence-corrected chi connectivity index (χ1v) is 14.2. The number of anilines is 1.